The molecule has 12 heavy (non-hydrogen) atoms. The van der Waals surface area contributed by atoms with Crippen molar-refractivity contribution in [3.8, 4) is 0 Å². The Balaban J connectivity index is 3.09. The number of rotatable bonds is 2. The molecule has 0 spiro atoms. The maximum Gasteiger partial charge on any atom is 0.142 e. The molecule has 1 atom stereocenters. The third-order valence-corrected chi connectivity index (χ3v) is 2.28. The third kappa shape index (κ3) is 2.13. The lowest BCUT2D eigenvalue weighted by Gasteiger charge is -2.04. The van der Waals surface area contributed by atoms with Crippen molar-refractivity contribution >= 4 is 41.1 Å². The Hall–Kier alpha value is -0.240. The summed E-state index contributed by atoms with van der Waals surface area (Å²) in [6.07, 6.45) is 0.622. The minimum Gasteiger partial charge on any atom is -0.301 e. The van der Waals surface area contributed by atoms with E-state index in [9.17, 15) is 4.79 Å². The van der Waals surface area contributed by atoms with Crippen LogP contribution in [0.3, 0.4) is 0 Å². The van der Waals surface area contributed by atoms with Crippen molar-refractivity contribution in [2.45, 2.75) is 5.38 Å². The van der Waals surface area contributed by atoms with E-state index in [4.69, 9.17) is 34.8 Å². The van der Waals surface area contributed by atoms with Crippen molar-refractivity contribution in [2.75, 3.05) is 0 Å². The number of benzene rings is 1. The van der Waals surface area contributed by atoms with Gasteiger partial charge in [-0.3, -0.25) is 0 Å². The van der Waals surface area contributed by atoms with Crippen LogP contribution in [0.1, 0.15) is 10.9 Å². The quantitative estimate of drug-likeness (QED) is 0.554. The number of hydrogen-bond acceptors (Lipinski definition) is 1. The molecule has 0 radical (unpaired) electrons. The Kier molecular flexibility index (Phi) is 3.39. The molecule has 0 heterocycles. The van der Waals surface area contributed by atoms with E-state index in [0.29, 0.717) is 21.9 Å². The smallest absolute Gasteiger partial charge is 0.142 e. The fourth-order valence-electron chi connectivity index (χ4n) is 0.798. The van der Waals surface area contributed by atoms with Crippen molar-refractivity contribution in [3.63, 3.8) is 0 Å². The number of aldehydes is 1. The zero-order valence-electron chi connectivity index (χ0n) is 5.93. The largest absolute Gasteiger partial charge is 0.301 e. The molecule has 0 aliphatic rings. The normalized spacial score (nSPS) is 12.6. The highest BCUT2D eigenvalue weighted by Gasteiger charge is 2.10. The second kappa shape index (κ2) is 4.13. The molecule has 1 unspecified atom stereocenters. The van der Waals surface area contributed by atoms with E-state index in [2.05, 4.69) is 0 Å². The Labute approximate surface area is 85.2 Å². The molecule has 0 fully saturated rings. The molecule has 0 N–H and O–H groups in total. The van der Waals surface area contributed by atoms with E-state index in [1.54, 1.807) is 18.2 Å². The van der Waals surface area contributed by atoms with Crippen LogP contribution in [-0.4, -0.2) is 6.29 Å². The highest BCUT2D eigenvalue weighted by molar-refractivity contribution is 6.36. The molecule has 0 aromatic heterocycles. The van der Waals surface area contributed by atoms with Gasteiger partial charge < -0.3 is 4.79 Å². The van der Waals surface area contributed by atoms with Crippen molar-refractivity contribution < 1.29 is 4.79 Å². The highest BCUT2D eigenvalue weighted by Crippen LogP contribution is 2.28. The van der Waals surface area contributed by atoms with E-state index in [1.165, 1.54) is 0 Å². The molecular weight excluding hydrogens is 218 g/mol. The van der Waals surface area contributed by atoms with E-state index >= 15 is 0 Å². The topological polar surface area (TPSA) is 17.1 Å². The van der Waals surface area contributed by atoms with Crippen molar-refractivity contribution in [3.05, 3.63) is 33.8 Å². The summed E-state index contributed by atoms with van der Waals surface area (Å²) in [6.45, 7) is 0. The Morgan fingerprint density at radius 2 is 2.00 bits per heavy atom. The molecule has 0 amide bonds. The number of carbonyl (C=O) groups excluding carboxylic acids is 1. The Bertz CT molecular complexity index is 298. The number of hydrogen-bond donors (Lipinski definition) is 0. The molecule has 0 aliphatic carbocycles. The van der Waals surface area contributed by atoms with Gasteiger partial charge in [0, 0.05) is 10.0 Å². The maximum atomic E-state index is 10.3. The fourth-order valence-corrected chi connectivity index (χ4v) is 1.57. The first kappa shape index (κ1) is 9.85. The second-order valence-corrected chi connectivity index (χ2v) is 3.52. The van der Waals surface area contributed by atoms with E-state index < -0.39 is 5.38 Å². The molecule has 1 rings (SSSR count). The second-order valence-electron chi connectivity index (χ2n) is 2.20. The van der Waals surface area contributed by atoms with Crippen molar-refractivity contribution in [1.29, 1.82) is 0 Å². The van der Waals surface area contributed by atoms with Crippen LogP contribution in [0.5, 0.6) is 0 Å². The summed E-state index contributed by atoms with van der Waals surface area (Å²) >= 11 is 17.1. The molecular formula is C8H5Cl3O. The van der Waals surface area contributed by atoms with Gasteiger partial charge in [0.25, 0.3) is 0 Å². The van der Waals surface area contributed by atoms with Gasteiger partial charge in [0.2, 0.25) is 0 Å². The molecule has 4 heteroatoms. The standard InChI is InChI=1S/C8H5Cl3O/c9-5-1-2-6(7(10)3-5)8(11)4-12/h1-4,8H. The maximum absolute atomic E-state index is 10.3. The Morgan fingerprint density at radius 1 is 1.33 bits per heavy atom. The van der Waals surface area contributed by atoms with Gasteiger partial charge in [-0.25, -0.2) is 0 Å². The number of alkyl halides is 1. The minimum absolute atomic E-state index is 0.412. The van der Waals surface area contributed by atoms with Gasteiger partial charge in [-0.1, -0.05) is 29.3 Å². The summed E-state index contributed by atoms with van der Waals surface area (Å²) in [7, 11) is 0. The molecule has 0 saturated heterocycles. The molecule has 0 saturated carbocycles. The van der Waals surface area contributed by atoms with Crippen LogP contribution in [0.4, 0.5) is 0 Å². The lowest BCUT2D eigenvalue weighted by atomic mass is 10.2. The summed E-state index contributed by atoms with van der Waals surface area (Å²) in [5.74, 6) is 0. The third-order valence-electron chi connectivity index (χ3n) is 1.38. The molecule has 1 nitrogen and oxygen atoms in total. The van der Waals surface area contributed by atoms with Crippen molar-refractivity contribution in [1.82, 2.24) is 0 Å². The zero-order chi connectivity index (χ0) is 9.14. The van der Waals surface area contributed by atoms with Gasteiger partial charge in [0.1, 0.15) is 11.7 Å². The average molecular weight is 223 g/mol. The summed E-state index contributed by atoms with van der Waals surface area (Å²) in [5.41, 5.74) is 0.581. The van der Waals surface area contributed by atoms with Crippen LogP contribution in [0.2, 0.25) is 10.0 Å². The summed E-state index contributed by atoms with van der Waals surface area (Å²) in [4.78, 5) is 10.3. The predicted molar refractivity (Wildman–Crippen MR) is 51.1 cm³/mol. The highest BCUT2D eigenvalue weighted by atomic mass is 35.5. The predicted octanol–water partition coefficient (Wildman–Crippen LogP) is 3.47. The van der Waals surface area contributed by atoms with Crippen LogP contribution in [0.25, 0.3) is 0 Å². The van der Waals surface area contributed by atoms with Gasteiger partial charge >= 0.3 is 0 Å². The fraction of sp³-hybridized carbons (Fsp3) is 0.125. The number of halogens is 3. The van der Waals surface area contributed by atoms with Crippen LogP contribution in [0, 0.1) is 0 Å². The first-order valence-electron chi connectivity index (χ1n) is 3.19. The first-order chi connectivity index (χ1) is 5.65. The van der Waals surface area contributed by atoms with Crippen LogP contribution < -0.4 is 0 Å². The van der Waals surface area contributed by atoms with E-state index in [0.717, 1.165) is 0 Å². The van der Waals surface area contributed by atoms with Crippen LogP contribution in [0.15, 0.2) is 18.2 Å². The van der Waals surface area contributed by atoms with Gasteiger partial charge in [-0.05, 0) is 17.7 Å². The van der Waals surface area contributed by atoms with Gasteiger partial charge in [-0.15, -0.1) is 11.6 Å². The molecule has 64 valence electrons. The molecule has 0 bridgehead atoms. The van der Waals surface area contributed by atoms with Crippen molar-refractivity contribution in [2.24, 2.45) is 0 Å². The van der Waals surface area contributed by atoms with Gasteiger partial charge in [-0.2, -0.15) is 0 Å². The van der Waals surface area contributed by atoms with Crippen LogP contribution in [-0.2, 0) is 4.79 Å². The zero-order valence-corrected chi connectivity index (χ0v) is 8.20. The lowest BCUT2D eigenvalue weighted by Crippen LogP contribution is -1.91. The summed E-state index contributed by atoms with van der Waals surface area (Å²) in [6, 6.07) is 4.83. The van der Waals surface area contributed by atoms with E-state index in [1.807, 2.05) is 0 Å². The summed E-state index contributed by atoms with van der Waals surface area (Å²) in [5, 5.41) is 0.239. The Morgan fingerprint density at radius 3 is 2.50 bits per heavy atom. The van der Waals surface area contributed by atoms with Gasteiger partial charge in [0.15, 0.2) is 0 Å². The minimum atomic E-state index is -0.699. The first-order valence-corrected chi connectivity index (χ1v) is 4.38. The molecule has 0 aliphatic heterocycles. The molecule has 1 aromatic carbocycles. The average Bonchev–Trinajstić information content (AvgIpc) is 2.03. The molecule has 1 aromatic rings. The van der Waals surface area contributed by atoms with Crippen LogP contribution >= 0.6 is 34.8 Å². The van der Waals surface area contributed by atoms with Gasteiger partial charge in [0.05, 0.1) is 0 Å². The lowest BCUT2D eigenvalue weighted by molar-refractivity contribution is -0.107. The summed E-state index contributed by atoms with van der Waals surface area (Å²) < 4.78 is 0. The number of carbonyl (C=O) groups is 1. The SMILES string of the molecule is O=CC(Cl)c1ccc(Cl)cc1Cl. The van der Waals surface area contributed by atoms with E-state index in [-0.39, 0.29) is 0 Å². The monoisotopic (exact) mass is 222 g/mol.